The maximum Gasteiger partial charge on any atom is 0.265 e. The maximum atomic E-state index is 12.4. The van der Waals surface area contributed by atoms with Crippen LogP contribution in [-0.4, -0.2) is 56.3 Å². The van der Waals surface area contributed by atoms with Gasteiger partial charge in [0.15, 0.2) is 16.1 Å². The van der Waals surface area contributed by atoms with Gasteiger partial charge in [-0.15, -0.1) is 21.5 Å². The Morgan fingerprint density at radius 1 is 1.31 bits per heavy atom. The van der Waals surface area contributed by atoms with Gasteiger partial charge in [-0.3, -0.25) is 14.2 Å². The molecule has 0 radical (unpaired) electrons. The summed E-state index contributed by atoms with van der Waals surface area (Å²) >= 11 is 4.11. The number of carbonyl (C=O) groups excluding carboxylic acids is 2. The van der Waals surface area contributed by atoms with Gasteiger partial charge >= 0.3 is 0 Å². The zero-order valence-corrected chi connectivity index (χ0v) is 19.2. The number of thiazole rings is 1. The van der Waals surface area contributed by atoms with Crippen LogP contribution in [0.3, 0.4) is 0 Å². The second kappa shape index (κ2) is 9.06. The van der Waals surface area contributed by atoms with Gasteiger partial charge in [0.1, 0.15) is 4.88 Å². The molecule has 0 aromatic carbocycles. The molecule has 0 aliphatic rings. The van der Waals surface area contributed by atoms with Crippen LogP contribution >= 0.6 is 34.4 Å². The van der Waals surface area contributed by atoms with Crippen molar-refractivity contribution in [3.63, 3.8) is 0 Å². The SMILES string of the molecule is Cc1nc(NC(=O)CSc2nnc(-c3cccs3)n2C(C)C)sc1C(=O)N(C)C. The standard InChI is InChI=1S/C18H22N6O2S3/c1-10(2)24-15(12-7-6-8-27-12)21-22-18(24)28-9-13(25)20-17-19-11(3)14(29-17)16(26)23(4)5/h6-8,10H,9H2,1-5H3,(H,19,20,25). The van der Waals surface area contributed by atoms with Crippen molar-refractivity contribution < 1.29 is 9.59 Å². The molecule has 3 aromatic heterocycles. The number of anilines is 1. The Bertz CT molecular complexity index is 1010. The van der Waals surface area contributed by atoms with Crippen molar-refractivity contribution in [2.75, 3.05) is 25.2 Å². The fourth-order valence-electron chi connectivity index (χ4n) is 2.55. The van der Waals surface area contributed by atoms with Gasteiger partial charge in [-0.2, -0.15) is 0 Å². The van der Waals surface area contributed by atoms with Crippen molar-refractivity contribution in [3.8, 4) is 10.7 Å². The number of aryl methyl sites for hydroxylation is 1. The van der Waals surface area contributed by atoms with E-state index in [0.29, 0.717) is 20.9 Å². The van der Waals surface area contributed by atoms with Gasteiger partial charge in [-0.25, -0.2) is 4.98 Å². The first-order chi connectivity index (χ1) is 13.8. The minimum Gasteiger partial charge on any atom is -0.344 e. The van der Waals surface area contributed by atoms with E-state index in [1.54, 1.807) is 32.4 Å². The van der Waals surface area contributed by atoms with E-state index in [9.17, 15) is 9.59 Å². The van der Waals surface area contributed by atoms with Crippen LogP contribution < -0.4 is 5.32 Å². The molecule has 154 valence electrons. The number of carbonyl (C=O) groups is 2. The van der Waals surface area contributed by atoms with Gasteiger partial charge in [0.05, 0.1) is 16.3 Å². The lowest BCUT2D eigenvalue weighted by molar-refractivity contribution is -0.113. The van der Waals surface area contributed by atoms with E-state index in [2.05, 4.69) is 34.3 Å². The van der Waals surface area contributed by atoms with Crippen LogP contribution in [0.1, 0.15) is 35.3 Å². The maximum absolute atomic E-state index is 12.4. The lowest BCUT2D eigenvalue weighted by Gasteiger charge is -2.12. The Balaban J connectivity index is 1.67. The molecule has 0 fully saturated rings. The number of thioether (sulfide) groups is 1. The molecule has 2 amide bonds. The predicted molar refractivity (Wildman–Crippen MR) is 118 cm³/mol. The van der Waals surface area contributed by atoms with E-state index in [1.807, 2.05) is 22.1 Å². The van der Waals surface area contributed by atoms with Crippen molar-refractivity contribution in [2.45, 2.75) is 32.0 Å². The van der Waals surface area contributed by atoms with Crippen LogP contribution in [0.4, 0.5) is 5.13 Å². The molecule has 0 bridgehead atoms. The van der Waals surface area contributed by atoms with Crippen molar-refractivity contribution in [2.24, 2.45) is 0 Å². The van der Waals surface area contributed by atoms with Crippen molar-refractivity contribution in [3.05, 3.63) is 28.1 Å². The molecule has 3 rings (SSSR count). The number of aromatic nitrogens is 4. The second-order valence-electron chi connectivity index (χ2n) is 6.72. The Morgan fingerprint density at radius 2 is 2.07 bits per heavy atom. The van der Waals surface area contributed by atoms with E-state index in [4.69, 9.17) is 0 Å². The third-order valence-electron chi connectivity index (χ3n) is 3.90. The van der Waals surface area contributed by atoms with E-state index in [0.717, 1.165) is 10.7 Å². The summed E-state index contributed by atoms with van der Waals surface area (Å²) in [6.45, 7) is 5.88. The first kappa shape index (κ1) is 21.5. The fourth-order valence-corrected chi connectivity index (χ4v) is 5.13. The third-order valence-corrected chi connectivity index (χ3v) is 6.77. The molecular weight excluding hydrogens is 428 g/mol. The van der Waals surface area contributed by atoms with E-state index in [1.165, 1.54) is 28.0 Å². The third kappa shape index (κ3) is 4.85. The predicted octanol–water partition coefficient (Wildman–Crippen LogP) is 3.79. The first-order valence-corrected chi connectivity index (χ1v) is 11.6. The van der Waals surface area contributed by atoms with Crippen LogP contribution in [0.5, 0.6) is 0 Å². The average molecular weight is 451 g/mol. The van der Waals surface area contributed by atoms with Gasteiger partial charge in [0.25, 0.3) is 5.91 Å². The summed E-state index contributed by atoms with van der Waals surface area (Å²) in [7, 11) is 3.37. The molecule has 3 heterocycles. The van der Waals surface area contributed by atoms with Crippen LogP contribution in [-0.2, 0) is 4.79 Å². The Labute approximate surface area is 181 Å². The van der Waals surface area contributed by atoms with Crippen molar-refractivity contribution in [1.82, 2.24) is 24.6 Å². The Morgan fingerprint density at radius 3 is 2.69 bits per heavy atom. The highest BCUT2D eigenvalue weighted by Gasteiger charge is 2.20. The second-order valence-corrected chi connectivity index (χ2v) is 9.61. The quantitative estimate of drug-likeness (QED) is 0.551. The van der Waals surface area contributed by atoms with E-state index in [-0.39, 0.29) is 23.6 Å². The molecular formula is C18H22N6O2S3. The Hall–Kier alpha value is -2.24. The fraction of sp³-hybridized carbons (Fsp3) is 0.389. The van der Waals surface area contributed by atoms with Gasteiger partial charge < -0.3 is 10.2 Å². The molecule has 0 aliphatic heterocycles. The van der Waals surface area contributed by atoms with Crippen molar-refractivity contribution in [1.29, 1.82) is 0 Å². The summed E-state index contributed by atoms with van der Waals surface area (Å²) in [4.78, 5) is 31.9. The monoisotopic (exact) mass is 450 g/mol. The summed E-state index contributed by atoms with van der Waals surface area (Å²) in [5, 5.41) is 14.5. The van der Waals surface area contributed by atoms with Crippen LogP contribution in [0, 0.1) is 6.92 Å². The molecule has 11 heteroatoms. The van der Waals surface area contributed by atoms with E-state index < -0.39 is 0 Å². The topological polar surface area (TPSA) is 93.0 Å². The average Bonchev–Trinajstić information content (AvgIpc) is 3.38. The molecule has 0 atom stereocenters. The highest BCUT2D eigenvalue weighted by Crippen LogP contribution is 2.30. The number of nitrogens with zero attached hydrogens (tertiary/aromatic N) is 5. The minimum absolute atomic E-state index is 0.124. The smallest absolute Gasteiger partial charge is 0.265 e. The number of rotatable bonds is 7. The molecule has 0 saturated heterocycles. The zero-order chi connectivity index (χ0) is 21.1. The van der Waals surface area contributed by atoms with Gasteiger partial charge in [0, 0.05) is 20.1 Å². The number of thiophene rings is 1. The number of nitrogens with one attached hydrogen (secondary N) is 1. The molecule has 3 aromatic rings. The number of hydrogen-bond acceptors (Lipinski definition) is 8. The normalized spacial score (nSPS) is 11.1. The van der Waals surface area contributed by atoms with Crippen LogP contribution in [0.15, 0.2) is 22.7 Å². The zero-order valence-electron chi connectivity index (χ0n) is 16.8. The lowest BCUT2D eigenvalue weighted by Crippen LogP contribution is -2.21. The summed E-state index contributed by atoms with van der Waals surface area (Å²) in [5.41, 5.74) is 0.608. The molecule has 0 saturated carbocycles. The molecule has 0 unspecified atom stereocenters. The Kier molecular flexibility index (Phi) is 6.70. The molecule has 1 N–H and O–H groups in total. The molecule has 0 aliphatic carbocycles. The van der Waals surface area contributed by atoms with Gasteiger partial charge in [-0.05, 0) is 32.2 Å². The lowest BCUT2D eigenvalue weighted by atomic mass is 10.3. The molecule has 29 heavy (non-hydrogen) atoms. The summed E-state index contributed by atoms with van der Waals surface area (Å²) in [6.07, 6.45) is 0. The van der Waals surface area contributed by atoms with E-state index >= 15 is 0 Å². The molecule has 0 spiro atoms. The number of hydrogen-bond donors (Lipinski definition) is 1. The highest BCUT2D eigenvalue weighted by atomic mass is 32.2. The van der Waals surface area contributed by atoms with Crippen LogP contribution in [0.2, 0.25) is 0 Å². The summed E-state index contributed by atoms with van der Waals surface area (Å²) < 4.78 is 2.03. The highest BCUT2D eigenvalue weighted by molar-refractivity contribution is 7.99. The van der Waals surface area contributed by atoms with Gasteiger partial charge in [-0.1, -0.05) is 29.2 Å². The summed E-state index contributed by atoms with van der Waals surface area (Å²) in [5.74, 6) is 0.648. The van der Waals surface area contributed by atoms with Gasteiger partial charge in [0.2, 0.25) is 5.91 Å². The van der Waals surface area contributed by atoms with Crippen LogP contribution in [0.25, 0.3) is 10.7 Å². The summed E-state index contributed by atoms with van der Waals surface area (Å²) in [6, 6.07) is 4.14. The first-order valence-electron chi connectivity index (χ1n) is 8.88. The number of amides is 2. The van der Waals surface area contributed by atoms with Crippen molar-refractivity contribution >= 4 is 51.4 Å². The largest absolute Gasteiger partial charge is 0.344 e. The minimum atomic E-state index is -0.205. The molecule has 8 nitrogen and oxygen atoms in total.